The molecule has 0 N–H and O–H groups in total. The Morgan fingerprint density at radius 3 is 3.22 bits per heavy atom. The van der Waals surface area contributed by atoms with E-state index in [1.165, 1.54) is 0 Å². The number of likely N-dealkylation sites (N-methyl/N-ethyl adjacent to an activating group) is 1. The van der Waals surface area contributed by atoms with Gasteiger partial charge in [0.05, 0.1) is 0 Å². The lowest BCUT2D eigenvalue weighted by Gasteiger charge is -2.10. The molecule has 1 heterocycles. The van der Waals surface area contributed by atoms with E-state index in [1.807, 2.05) is 13.1 Å². The fourth-order valence-electron chi connectivity index (χ4n) is 0.868. The van der Waals surface area contributed by atoms with Crippen molar-refractivity contribution in [2.75, 3.05) is 13.6 Å². The Bertz CT molecular complexity index is 140. The van der Waals surface area contributed by atoms with Crippen molar-refractivity contribution in [3.8, 4) is 0 Å². The first kappa shape index (κ1) is 6.33. The molecule has 0 unspecified atom stereocenters. The molecule has 1 amide bonds. The molecule has 1 aliphatic heterocycles. The van der Waals surface area contributed by atoms with E-state index >= 15 is 0 Å². The van der Waals surface area contributed by atoms with Crippen LogP contribution < -0.4 is 0 Å². The van der Waals surface area contributed by atoms with Gasteiger partial charge >= 0.3 is 0 Å². The Balaban J connectivity index is 2.57. The summed E-state index contributed by atoms with van der Waals surface area (Å²) in [5, 5.41) is 0. The third-order valence-corrected chi connectivity index (χ3v) is 1.50. The minimum absolute atomic E-state index is 0.132. The highest BCUT2D eigenvalue weighted by atomic mass is 16.2. The van der Waals surface area contributed by atoms with Crippen molar-refractivity contribution in [2.24, 2.45) is 0 Å². The number of allylic oxidation sites excluding steroid dienone is 1. The molecule has 0 saturated carbocycles. The summed E-state index contributed by atoms with van der Waals surface area (Å²) in [5.74, 6) is 0.132. The van der Waals surface area contributed by atoms with Gasteiger partial charge in [-0.05, 0) is 18.9 Å². The van der Waals surface area contributed by atoms with E-state index in [4.69, 9.17) is 0 Å². The molecule has 0 aromatic carbocycles. The number of carbonyl (C=O) groups excluding carboxylic acids is 1. The second-order valence-electron chi connectivity index (χ2n) is 2.30. The third kappa shape index (κ3) is 1.56. The first-order chi connectivity index (χ1) is 4.30. The maximum Gasteiger partial charge on any atom is 0.245 e. The highest BCUT2D eigenvalue weighted by Gasteiger charge is 2.05. The molecular formula is C7H11NO. The van der Waals surface area contributed by atoms with Crippen LogP contribution in [-0.2, 0) is 4.79 Å². The minimum atomic E-state index is 0.132. The van der Waals surface area contributed by atoms with Crippen LogP contribution in [-0.4, -0.2) is 24.4 Å². The van der Waals surface area contributed by atoms with Gasteiger partial charge in [-0.3, -0.25) is 4.79 Å². The third-order valence-electron chi connectivity index (χ3n) is 1.50. The molecule has 0 saturated heterocycles. The quantitative estimate of drug-likeness (QED) is 0.469. The molecule has 50 valence electrons. The monoisotopic (exact) mass is 125 g/mol. The largest absolute Gasteiger partial charge is 0.342 e. The van der Waals surface area contributed by atoms with Crippen LogP contribution in [0, 0.1) is 0 Å². The first-order valence-electron chi connectivity index (χ1n) is 3.22. The summed E-state index contributed by atoms with van der Waals surface area (Å²) in [6.07, 6.45) is 5.72. The summed E-state index contributed by atoms with van der Waals surface area (Å²) in [7, 11) is 1.83. The summed E-state index contributed by atoms with van der Waals surface area (Å²) in [4.78, 5) is 12.6. The van der Waals surface area contributed by atoms with Crippen LogP contribution in [0.25, 0.3) is 0 Å². The minimum Gasteiger partial charge on any atom is -0.342 e. The van der Waals surface area contributed by atoms with Crippen molar-refractivity contribution < 1.29 is 4.79 Å². The first-order valence-corrected chi connectivity index (χ1v) is 3.22. The van der Waals surface area contributed by atoms with Gasteiger partial charge in [-0.15, -0.1) is 0 Å². The van der Waals surface area contributed by atoms with Gasteiger partial charge in [0, 0.05) is 13.6 Å². The number of hydrogen-bond donors (Lipinski definition) is 0. The summed E-state index contributed by atoms with van der Waals surface area (Å²) in [6, 6.07) is 0. The second kappa shape index (κ2) is 2.67. The molecule has 0 bridgehead atoms. The van der Waals surface area contributed by atoms with Crippen molar-refractivity contribution in [1.29, 1.82) is 0 Å². The smallest absolute Gasteiger partial charge is 0.245 e. The Kier molecular flexibility index (Phi) is 1.88. The van der Waals surface area contributed by atoms with Crippen LogP contribution in [0.4, 0.5) is 0 Å². The van der Waals surface area contributed by atoms with E-state index < -0.39 is 0 Å². The predicted octanol–water partition coefficient (Wildman–Crippen LogP) is 0.795. The zero-order valence-corrected chi connectivity index (χ0v) is 5.63. The lowest BCUT2D eigenvalue weighted by Crippen LogP contribution is -2.24. The molecule has 9 heavy (non-hydrogen) atoms. The Hall–Kier alpha value is -0.790. The van der Waals surface area contributed by atoms with E-state index in [0.717, 1.165) is 19.4 Å². The van der Waals surface area contributed by atoms with E-state index in [1.54, 1.807) is 11.0 Å². The number of nitrogens with zero attached hydrogens (tertiary/aromatic N) is 1. The van der Waals surface area contributed by atoms with Crippen molar-refractivity contribution in [3.05, 3.63) is 12.2 Å². The summed E-state index contributed by atoms with van der Waals surface area (Å²) < 4.78 is 0. The zero-order valence-electron chi connectivity index (χ0n) is 5.63. The van der Waals surface area contributed by atoms with E-state index in [-0.39, 0.29) is 5.91 Å². The molecule has 0 aliphatic carbocycles. The van der Waals surface area contributed by atoms with Crippen molar-refractivity contribution in [3.63, 3.8) is 0 Å². The standard InChI is InChI=1S/C7H11NO/c1-8-6-4-2-3-5-7(8)9/h3,5H,2,4,6H2,1H3. The van der Waals surface area contributed by atoms with Gasteiger partial charge in [-0.25, -0.2) is 0 Å². The average Bonchev–Trinajstić information content (AvgIpc) is 1.99. The van der Waals surface area contributed by atoms with E-state index in [9.17, 15) is 4.79 Å². The van der Waals surface area contributed by atoms with Crippen LogP contribution in [0.3, 0.4) is 0 Å². The molecule has 1 rings (SSSR count). The molecular weight excluding hydrogens is 114 g/mol. The van der Waals surface area contributed by atoms with Crippen LogP contribution in [0.15, 0.2) is 12.2 Å². The maximum absolute atomic E-state index is 10.9. The summed E-state index contributed by atoms with van der Waals surface area (Å²) >= 11 is 0. The highest BCUT2D eigenvalue weighted by Crippen LogP contribution is 2.00. The van der Waals surface area contributed by atoms with Gasteiger partial charge in [0.1, 0.15) is 0 Å². The maximum atomic E-state index is 10.9. The van der Waals surface area contributed by atoms with E-state index in [2.05, 4.69) is 0 Å². The Labute approximate surface area is 55.2 Å². The molecule has 0 spiro atoms. The van der Waals surface area contributed by atoms with Crippen molar-refractivity contribution in [2.45, 2.75) is 12.8 Å². The SMILES string of the molecule is CN1CCCC=CC1=O. The topological polar surface area (TPSA) is 20.3 Å². The summed E-state index contributed by atoms with van der Waals surface area (Å²) in [6.45, 7) is 0.895. The number of carbonyl (C=O) groups is 1. The van der Waals surface area contributed by atoms with Gasteiger partial charge < -0.3 is 4.90 Å². The fourth-order valence-corrected chi connectivity index (χ4v) is 0.868. The zero-order chi connectivity index (χ0) is 6.69. The number of hydrogen-bond acceptors (Lipinski definition) is 1. The van der Waals surface area contributed by atoms with Crippen molar-refractivity contribution >= 4 is 5.91 Å². The molecule has 0 atom stereocenters. The van der Waals surface area contributed by atoms with Gasteiger partial charge in [0.15, 0.2) is 0 Å². The number of rotatable bonds is 0. The van der Waals surface area contributed by atoms with Crippen LogP contribution in [0.2, 0.25) is 0 Å². The molecule has 2 nitrogen and oxygen atoms in total. The molecule has 0 aromatic heterocycles. The molecule has 0 aromatic rings. The van der Waals surface area contributed by atoms with Crippen LogP contribution >= 0.6 is 0 Å². The Morgan fingerprint density at radius 1 is 1.67 bits per heavy atom. The lowest BCUT2D eigenvalue weighted by molar-refractivity contribution is -0.124. The van der Waals surface area contributed by atoms with Gasteiger partial charge in [0.2, 0.25) is 5.91 Å². The average molecular weight is 125 g/mol. The van der Waals surface area contributed by atoms with Gasteiger partial charge in [-0.2, -0.15) is 0 Å². The Morgan fingerprint density at radius 2 is 2.44 bits per heavy atom. The van der Waals surface area contributed by atoms with E-state index in [0.29, 0.717) is 0 Å². The molecule has 2 heteroatoms. The highest BCUT2D eigenvalue weighted by molar-refractivity contribution is 5.87. The fraction of sp³-hybridized carbons (Fsp3) is 0.571. The molecule has 0 fully saturated rings. The second-order valence-corrected chi connectivity index (χ2v) is 2.30. The number of amides is 1. The molecule has 0 radical (unpaired) electrons. The normalized spacial score (nSPS) is 20.1. The van der Waals surface area contributed by atoms with Crippen LogP contribution in [0.1, 0.15) is 12.8 Å². The van der Waals surface area contributed by atoms with Gasteiger partial charge in [-0.1, -0.05) is 6.08 Å². The summed E-state index contributed by atoms with van der Waals surface area (Å²) in [5.41, 5.74) is 0. The predicted molar refractivity (Wildman–Crippen MR) is 36.0 cm³/mol. The van der Waals surface area contributed by atoms with Gasteiger partial charge in [0.25, 0.3) is 0 Å². The molecule has 1 aliphatic rings. The lowest BCUT2D eigenvalue weighted by atomic mass is 10.3. The van der Waals surface area contributed by atoms with Crippen LogP contribution in [0.5, 0.6) is 0 Å². The van der Waals surface area contributed by atoms with Crippen molar-refractivity contribution in [1.82, 2.24) is 4.90 Å².